The Morgan fingerprint density at radius 3 is 3.20 bits per heavy atom. The minimum Gasteiger partial charge on any atom is -0.393 e. The van der Waals surface area contributed by atoms with Gasteiger partial charge in [-0.05, 0) is 5.53 Å². The third kappa shape index (κ3) is 1.83. The van der Waals surface area contributed by atoms with E-state index in [0.29, 0.717) is 23.4 Å². The van der Waals surface area contributed by atoms with Crippen LogP contribution in [0.1, 0.15) is 12.5 Å². The Morgan fingerprint density at radius 1 is 1.60 bits per heavy atom. The van der Waals surface area contributed by atoms with Crippen LogP contribution in [0.5, 0.6) is 0 Å². The topological polar surface area (TPSA) is 148 Å². The lowest BCUT2D eigenvalue weighted by Crippen LogP contribution is -2.29. The minimum absolute atomic E-state index is 0.146. The summed E-state index contributed by atoms with van der Waals surface area (Å²) in [4.78, 5) is 14.9. The largest absolute Gasteiger partial charge is 0.393 e. The van der Waals surface area contributed by atoms with Crippen LogP contribution in [-0.2, 0) is 4.74 Å². The predicted octanol–water partition coefficient (Wildman–Crippen LogP) is 0.369. The molecule has 0 spiro atoms. The second kappa shape index (κ2) is 4.60. The van der Waals surface area contributed by atoms with Crippen LogP contribution in [0.3, 0.4) is 0 Å². The van der Waals surface area contributed by atoms with Crippen molar-refractivity contribution < 1.29 is 9.84 Å². The summed E-state index contributed by atoms with van der Waals surface area (Å²) in [5.74, 6) is 0.302. The van der Waals surface area contributed by atoms with Gasteiger partial charge in [-0.25, -0.2) is 15.0 Å². The first-order valence-electron chi connectivity index (χ1n) is 5.93. The number of anilines is 1. The van der Waals surface area contributed by atoms with Gasteiger partial charge < -0.3 is 20.1 Å². The number of imidazole rings is 1. The van der Waals surface area contributed by atoms with Crippen molar-refractivity contribution in [3.05, 3.63) is 23.1 Å². The number of hydrogen-bond acceptors (Lipinski definition) is 7. The zero-order chi connectivity index (χ0) is 14.2. The van der Waals surface area contributed by atoms with Crippen LogP contribution in [0, 0.1) is 0 Å². The molecule has 0 aromatic carbocycles. The number of aromatic nitrogens is 4. The van der Waals surface area contributed by atoms with Crippen molar-refractivity contribution in [2.45, 2.75) is 18.2 Å². The van der Waals surface area contributed by atoms with E-state index in [-0.39, 0.29) is 19.3 Å². The number of azide groups is 1. The van der Waals surface area contributed by atoms with Crippen molar-refractivity contribution in [2.24, 2.45) is 5.11 Å². The Bertz CT molecular complexity index is 694. The lowest BCUT2D eigenvalue weighted by Gasteiger charge is -2.18. The van der Waals surface area contributed by atoms with Gasteiger partial charge in [0.25, 0.3) is 0 Å². The molecule has 1 aliphatic rings. The average molecular weight is 276 g/mol. The highest BCUT2D eigenvalue weighted by atomic mass is 16.5. The normalized spacial score (nSPS) is 25.8. The third-order valence-electron chi connectivity index (χ3n) is 3.35. The van der Waals surface area contributed by atoms with E-state index in [9.17, 15) is 5.11 Å². The molecule has 10 nitrogen and oxygen atoms in total. The predicted molar refractivity (Wildman–Crippen MR) is 68.3 cm³/mol. The molecule has 0 radical (unpaired) electrons. The SMILES string of the molecule is [N-]=[N+]=N[C@]1(CO)C[C@@H](n2cnc3c(N)ncnc32)CO1. The molecule has 0 bridgehead atoms. The zero-order valence-electron chi connectivity index (χ0n) is 10.4. The highest BCUT2D eigenvalue weighted by Crippen LogP contribution is 2.35. The van der Waals surface area contributed by atoms with Gasteiger partial charge in [0.05, 0.1) is 25.6 Å². The molecule has 1 fully saturated rings. The van der Waals surface area contributed by atoms with Crippen molar-refractivity contribution in [1.29, 1.82) is 0 Å². The number of nitrogen functional groups attached to an aromatic ring is 1. The maximum Gasteiger partial charge on any atom is 0.171 e. The molecule has 2 atom stereocenters. The van der Waals surface area contributed by atoms with Crippen molar-refractivity contribution in [2.75, 3.05) is 18.9 Å². The quantitative estimate of drug-likeness (QED) is 0.470. The Kier molecular flexibility index (Phi) is 2.90. The molecule has 1 saturated heterocycles. The molecule has 0 saturated carbocycles. The van der Waals surface area contributed by atoms with E-state index in [1.54, 1.807) is 10.9 Å². The Balaban J connectivity index is 1.98. The van der Waals surface area contributed by atoms with Crippen molar-refractivity contribution >= 4 is 17.0 Å². The smallest absolute Gasteiger partial charge is 0.171 e. The number of ether oxygens (including phenoxy) is 1. The van der Waals surface area contributed by atoms with E-state index in [1.807, 2.05) is 0 Å². The molecule has 0 unspecified atom stereocenters. The van der Waals surface area contributed by atoms with Crippen molar-refractivity contribution in [1.82, 2.24) is 19.5 Å². The van der Waals surface area contributed by atoms with Gasteiger partial charge in [0.1, 0.15) is 11.8 Å². The summed E-state index contributed by atoms with van der Waals surface area (Å²) in [6.45, 7) is -0.0910. The average Bonchev–Trinajstić information content (AvgIpc) is 3.04. The highest BCUT2D eigenvalue weighted by molar-refractivity contribution is 5.81. The van der Waals surface area contributed by atoms with E-state index in [2.05, 4.69) is 25.0 Å². The van der Waals surface area contributed by atoms with Gasteiger partial charge in [-0.1, -0.05) is 5.11 Å². The molecule has 1 aliphatic heterocycles. The van der Waals surface area contributed by atoms with Gasteiger partial charge in [-0.3, -0.25) is 0 Å². The van der Waals surface area contributed by atoms with Crippen LogP contribution in [0.25, 0.3) is 21.6 Å². The van der Waals surface area contributed by atoms with E-state index >= 15 is 0 Å². The Labute approximate surface area is 112 Å². The molecular formula is C10H12N8O2. The summed E-state index contributed by atoms with van der Waals surface area (Å²) in [6.07, 6.45) is 3.29. The van der Waals surface area contributed by atoms with Crippen molar-refractivity contribution in [3.8, 4) is 0 Å². The van der Waals surface area contributed by atoms with Crippen LogP contribution >= 0.6 is 0 Å². The number of hydrogen-bond donors (Lipinski definition) is 2. The van der Waals surface area contributed by atoms with Crippen molar-refractivity contribution in [3.63, 3.8) is 0 Å². The molecule has 3 rings (SSSR count). The van der Waals surface area contributed by atoms with Crippen LogP contribution in [0.4, 0.5) is 5.82 Å². The molecule has 104 valence electrons. The molecule has 2 aromatic heterocycles. The first-order chi connectivity index (χ1) is 9.69. The summed E-state index contributed by atoms with van der Waals surface area (Å²) < 4.78 is 7.24. The molecule has 3 heterocycles. The van der Waals surface area contributed by atoms with Gasteiger partial charge in [0.2, 0.25) is 0 Å². The number of aliphatic hydroxyl groups is 1. The van der Waals surface area contributed by atoms with Gasteiger partial charge in [-0.2, -0.15) is 0 Å². The number of nitrogens with two attached hydrogens (primary N) is 1. The lowest BCUT2D eigenvalue weighted by molar-refractivity contribution is -0.0331. The van der Waals surface area contributed by atoms with E-state index < -0.39 is 5.72 Å². The molecular weight excluding hydrogens is 264 g/mol. The molecule has 0 aliphatic carbocycles. The molecule has 3 N–H and O–H groups in total. The number of rotatable bonds is 3. The lowest BCUT2D eigenvalue weighted by atomic mass is 10.1. The molecule has 20 heavy (non-hydrogen) atoms. The fraction of sp³-hybridized carbons (Fsp3) is 0.500. The fourth-order valence-corrected chi connectivity index (χ4v) is 2.35. The second-order valence-electron chi connectivity index (χ2n) is 4.55. The monoisotopic (exact) mass is 276 g/mol. The van der Waals surface area contributed by atoms with Gasteiger partial charge in [0.15, 0.2) is 17.2 Å². The maximum absolute atomic E-state index is 9.36. The van der Waals surface area contributed by atoms with E-state index in [0.717, 1.165) is 0 Å². The van der Waals surface area contributed by atoms with Gasteiger partial charge in [-0.15, -0.1) is 0 Å². The summed E-state index contributed by atoms with van der Waals surface area (Å²) in [5, 5.41) is 12.9. The first kappa shape index (κ1) is 12.6. The molecule has 2 aromatic rings. The van der Waals surface area contributed by atoms with E-state index in [4.69, 9.17) is 16.0 Å². The number of nitrogens with zero attached hydrogens (tertiary/aromatic N) is 7. The molecule has 10 heteroatoms. The Morgan fingerprint density at radius 2 is 2.45 bits per heavy atom. The highest BCUT2D eigenvalue weighted by Gasteiger charge is 2.40. The summed E-state index contributed by atoms with van der Waals surface area (Å²) in [5.41, 5.74) is 14.2. The summed E-state index contributed by atoms with van der Waals surface area (Å²) in [6, 6.07) is -0.146. The minimum atomic E-state index is -1.23. The van der Waals surface area contributed by atoms with Gasteiger partial charge >= 0.3 is 0 Å². The fourth-order valence-electron chi connectivity index (χ4n) is 2.35. The van der Waals surface area contributed by atoms with Crippen LogP contribution < -0.4 is 5.73 Å². The number of aliphatic hydroxyl groups excluding tert-OH is 1. The summed E-state index contributed by atoms with van der Waals surface area (Å²) in [7, 11) is 0. The Hall–Kier alpha value is -2.42. The first-order valence-corrected chi connectivity index (χ1v) is 5.93. The van der Waals surface area contributed by atoms with Crippen LogP contribution in [0.2, 0.25) is 0 Å². The number of fused-ring (bicyclic) bond motifs is 1. The van der Waals surface area contributed by atoms with Gasteiger partial charge in [0, 0.05) is 11.3 Å². The second-order valence-corrected chi connectivity index (χ2v) is 4.55. The van der Waals surface area contributed by atoms with E-state index in [1.165, 1.54) is 6.33 Å². The standard InChI is InChI=1S/C10H12N8O2/c11-8-7-9(14-4-13-8)18(5-15-7)6-1-10(3-19,16-17-12)20-2-6/h4-6,19H,1-3H2,(H2,11,13,14)/t6-,10-/m1/s1. The maximum atomic E-state index is 9.36. The van der Waals surface area contributed by atoms with Crippen LogP contribution in [-0.4, -0.2) is 43.6 Å². The third-order valence-corrected chi connectivity index (χ3v) is 3.35. The molecule has 0 amide bonds. The zero-order valence-corrected chi connectivity index (χ0v) is 10.4. The summed E-state index contributed by atoms with van der Waals surface area (Å²) >= 11 is 0. The van der Waals surface area contributed by atoms with Crippen LogP contribution in [0.15, 0.2) is 17.8 Å².